The average Bonchev–Trinajstić information content (AvgIpc) is 2.78. The summed E-state index contributed by atoms with van der Waals surface area (Å²) in [4.78, 5) is 4.24. The van der Waals surface area contributed by atoms with Gasteiger partial charge in [0.25, 0.3) is 0 Å². The van der Waals surface area contributed by atoms with E-state index in [9.17, 15) is 0 Å². The van der Waals surface area contributed by atoms with Gasteiger partial charge in [0, 0.05) is 5.56 Å². The van der Waals surface area contributed by atoms with Crippen LogP contribution in [-0.4, -0.2) is 24.2 Å². The van der Waals surface area contributed by atoms with Gasteiger partial charge >= 0.3 is 7.12 Å². The van der Waals surface area contributed by atoms with Crippen molar-refractivity contribution >= 4 is 18.4 Å². The molecule has 5 heteroatoms. The fraction of sp³-hybridized carbons (Fsp3) is 0.500. The SMILES string of the molecule is CC1(C)OB(c2ccc3c(c2)C(N)=NC3)OC1(C)C. The molecule has 3 rings (SSSR count). The van der Waals surface area contributed by atoms with E-state index in [0.717, 1.165) is 16.6 Å². The number of amidine groups is 1. The van der Waals surface area contributed by atoms with Crippen molar-refractivity contribution in [2.75, 3.05) is 0 Å². The first kappa shape index (κ1) is 12.7. The zero-order valence-electron chi connectivity index (χ0n) is 11.9. The summed E-state index contributed by atoms with van der Waals surface area (Å²) >= 11 is 0. The van der Waals surface area contributed by atoms with Gasteiger partial charge in [0.15, 0.2) is 0 Å². The van der Waals surface area contributed by atoms with E-state index in [2.05, 4.69) is 38.8 Å². The fourth-order valence-corrected chi connectivity index (χ4v) is 2.35. The Balaban J connectivity index is 1.93. The standard InChI is InChI=1S/C14H19BN2O2/c1-13(2)14(3,4)19-15(18-13)10-6-5-9-8-17-12(16)11(9)7-10/h5-7H,8H2,1-4H3,(H2,16,17). The van der Waals surface area contributed by atoms with Crippen molar-refractivity contribution in [1.82, 2.24) is 0 Å². The molecule has 0 aliphatic carbocycles. The number of nitrogens with zero attached hydrogens (tertiary/aromatic N) is 1. The highest BCUT2D eigenvalue weighted by Crippen LogP contribution is 2.36. The lowest BCUT2D eigenvalue weighted by molar-refractivity contribution is 0.00578. The van der Waals surface area contributed by atoms with Crippen molar-refractivity contribution in [3.63, 3.8) is 0 Å². The summed E-state index contributed by atoms with van der Waals surface area (Å²) in [7, 11) is -0.344. The predicted molar refractivity (Wildman–Crippen MR) is 76.6 cm³/mol. The molecule has 0 spiro atoms. The minimum Gasteiger partial charge on any atom is -0.399 e. The molecule has 1 aromatic rings. The van der Waals surface area contributed by atoms with Gasteiger partial charge in [-0.15, -0.1) is 0 Å². The van der Waals surface area contributed by atoms with Crippen LogP contribution < -0.4 is 11.2 Å². The molecular weight excluding hydrogens is 239 g/mol. The Morgan fingerprint density at radius 1 is 1.16 bits per heavy atom. The molecule has 4 nitrogen and oxygen atoms in total. The smallest absolute Gasteiger partial charge is 0.399 e. The third kappa shape index (κ3) is 1.88. The molecule has 1 saturated heterocycles. The second kappa shape index (κ2) is 3.84. The molecule has 1 aromatic carbocycles. The van der Waals surface area contributed by atoms with Crippen LogP contribution in [-0.2, 0) is 15.9 Å². The van der Waals surface area contributed by atoms with E-state index in [1.54, 1.807) is 0 Å². The topological polar surface area (TPSA) is 56.8 Å². The summed E-state index contributed by atoms with van der Waals surface area (Å²) in [5.74, 6) is 0.605. The number of hydrogen-bond donors (Lipinski definition) is 1. The first-order valence-electron chi connectivity index (χ1n) is 6.59. The molecule has 1 fully saturated rings. The molecule has 2 N–H and O–H groups in total. The van der Waals surface area contributed by atoms with E-state index in [-0.39, 0.29) is 18.3 Å². The highest BCUT2D eigenvalue weighted by molar-refractivity contribution is 6.62. The second-order valence-corrected chi connectivity index (χ2v) is 6.21. The summed E-state index contributed by atoms with van der Waals surface area (Å²) in [5, 5.41) is 0. The van der Waals surface area contributed by atoms with Gasteiger partial charge in [-0.05, 0) is 38.7 Å². The minimum absolute atomic E-state index is 0.323. The molecule has 19 heavy (non-hydrogen) atoms. The molecule has 0 radical (unpaired) electrons. The molecule has 0 saturated carbocycles. The normalized spacial score (nSPS) is 23.4. The number of rotatable bonds is 1. The van der Waals surface area contributed by atoms with Crippen LogP contribution >= 0.6 is 0 Å². The number of aliphatic imine (C=N–C) groups is 1. The second-order valence-electron chi connectivity index (χ2n) is 6.21. The Morgan fingerprint density at radius 3 is 2.42 bits per heavy atom. The summed E-state index contributed by atoms with van der Waals surface area (Å²) in [6.07, 6.45) is 0. The molecule has 0 atom stereocenters. The van der Waals surface area contributed by atoms with Gasteiger partial charge in [-0.2, -0.15) is 0 Å². The van der Waals surface area contributed by atoms with Crippen LogP contribution in [0.2, 0.25) is 0 Å². The van der Waals surface area contributed by atoms with Crippen LogP contribution in [0.4, 0.5) is 0 Å². The van der Waals surface area contributed by atoms with Crippen LogP contribution in [0, 0.1) is 0 Å². The van der Waals surface area contributed by atoms with Crippen molar-refractivity contribution in [3.05, 3.63) is 29.3 Å². The van der Waals surface area contributed by atoms with Crippen molar-refractivity contribution in [3.8, 4) is 0 Å². The first-order valence-corrected chi connectivity index (χ1v) is 6.59. The van der Waals surface area contributed by atoms with E-state index in [0.29, 0.717) is 12.4 Å². The fourth-order valence-electron chi connectivity index (χ4n) is 2.35. The Bertz CT molecular complexity index is 551. The highest BCUT2D eigenvalue weighted by Gasteiger charge is 2.51. The third-order valence-electron chi connectivity index (χ3n) is 4.36. The van der Waals surface area contributed by atoms with Gasteiger partial charge in [0.1, 0.15) is 5.84 Å². The molecule has 0 bridgehead atoms. The molecule has 0 amide bonds. The Labute approximate surface area is 114 Å². The number of nitrogens with two attached hydrogens (primary N) is 1. The predicted octanol–water partition coefficient (Wildman–Crippen LogP) is 1.20. The van der Waals surface area contributed by atoms with E-state index >= 15 is 0 Å². The quantitative estimate of drug-likeness (QED) is 0.770. The van der Waals surface area contributed by atoms with Gasteiger partial charge in [-0.25, -0.2) is 0 Å². The van der Waals surface area contributed by atoms with Crippen LogP contribution in [0.5, 0.6) is 0 Å². The summed E-state index contributed by atoms with van der Waals surface area (Å²) in [5.41, 5.74) is 8.41. The summed E-state index contributed by atoms with van der Waals surface area (Å²) in [6.45, 7) is 8.88. The maximum absolute atomic E-state index is 6.04. The largest absolute Gasteiger partial charge is 0.494 e. The number of fused-ring (bicyclic) bond motifs is 1. The lowest BCUT2D eigenvalue weighted by Crippen LogP contribution is -2.41. The summed E-state index contributed by atoms with van der Waals surface area (Å²) in [6, 6.07) is 6.12. The molecule has 100 valence electrons. The Hall–Kier alpha value is -1.33. The van der Waals surface area contributed by atoms with Crippen LogP contribution in [0.1, 0.15) is 38.8 Å². The molecule has 0 aromatic heterocycles. The van der Waals surface area contributed by atoms with Gasteiger partial charge in [0.2, 0.25) is 0 Å². The van der Waals surface area contributed by atoms with Gasteiger partial charge in [-0.3, -0.25) is 4.99 Å². The van der Waals surface area contributed by atoms with Crippen molar-refractivity contribution in [2.24, 2.45) is 10.7 Å². The van der Waals surface area contributed by atoms with Crippen LogP contribution in [0.25, 0.3) is 0 Å². The minimum atomic E-state index is -0.344. The Morgan fingerprint density at radius 2 is 1.79 bits per heavy atom. The van der Waals surface area contributed by atoms with E-state index in [4.69, 9.17) is 15.0 Å². The van der Waals surface area contributed by atoms with Crippen molar-refractivity contribution < 1.29 is 9.31 Å². The zero-order chi connectivity index (χ0) is 13.8. The summed E-state index contributed by atoms with van der Waals surface area (Å²) < 4.78 is 12.1. The van der Waals surface area contributed by atoms with Gasteiger partial charge < -0.3 is 15.0 Å². The maximum atomic E-state index is 6.04. The van der Waals surface area contributed by atoms with Gasteiger partial charge in [0.05, 0.1) is 17.7 Å². The first-order chi connectivity index (χ1) is 8.80. The lowest BCUT2D eigenvalue weighted by Gasteiger charge is -2.32. The van der Waals surface area contributed by atoms with E-state index in [1.165, 1.54) is 0 Å². The lowest BCUT2D eigenvalue weighted by atomic mass is 9.78. The molecule has 2 heterocycles. The van der Waals surface area contributed by atoms with Crippen molar-refractivity contribution in [1.29, 1.82) is 0 Å². The molecule has 2 aliphatic heterocycles. The zero-order valence-corrected chi connectivity index (χ0v) is 11.9. The average molecular weight is 258 g/mol. The van der Waals surface area contributed by atoms with Crippen LogP contribution in [0.15, 0.2) is 23.2 Å². The molecular formula is C14H19BN2O2. The number of benzene rings is 1. The Kier molecular flexibility index (Phi) is 2.56. The molecule has 0 unspecified atom stereocenters. The number of hydrogen-bond acceptors (Lipinski definition) is 4. The highest BCUT2D eigenvalue weighted by atomic mass is 16.7. The third-order valence-corrected chi connectivity index (χ3v) is 4.36. The molecule has 2 aliphatic rings. The van der Waals surface area contributed by atoms with Gasteiger partial charge in [-0.1, -0.05) is 18.2 Å². The van der Waals surface area contributed by atoms with E-state index in [1.807, 2.05) is 12.1 Å². The monoisotopic (exact) mass is 258 g/mol. The van der Waals surface area contributed by atoms with Crippen molar-refractivity contribution in [2.45, 2.75) is 45.4 Å². The maximum Gasteiger partial charge on any atom is 0.494 e. The van der Waals surface area contributed by atoms with E-state index < -0.39 is 0 Å². The van der Waals surface area contributed by atoms with Crippen LogP contribution in [0.3, 0.4) is 0 Å².